The molecule has 1 aliphatic rings. The first-order valence-electron chi connectivity index (χ1n) is 11.7. The number of Topliss-reactive ketones (excluding diaryl/α,β-unsaturated/α-hetero) is 1. The number of hydrogen-bond acceptors (Lipinski definition) is 5. The van der Waals surface area contributed by atoms with E-state index in [1.807, 2.05) is 44.2 Å². The molecule has 1 atom stereocenters. The number of rotatable bonds is 6. The van der Waals surface area contributed by atoms with Crippen molar-refractivity contribution in [3.8, 4) is 5.75 Å². The average molecular weight is 514 g/mol. The molecule has 1 fully saturated rings. The van der Waals surface area contributed by atoms with Crippen molar-refractivity contribution in [2.75, 3.05) is 4.90 Å². The van der Waals surface area contributed by atoms with E-state index in [0.717, 1.165) is 16.7 Å². The third-order valence-corrected chi connectivity index (χ3v) is 6.61. The van der Waals surface area contributed by atoms with E-state index in [9.17, 15) is 14.7 Å². The van der Waals surface area contributed by atoms with Crippen molar-refractivity contribution in [2.24, 2.45) is 0 Å². The molecule has 7 heteroatoms. The molecular weight excluding hydrogens is 490 g/mol. The number of ketones is 1. The third kappa shape index (κ3) is 4.63. The molecule has 1 amide bonds. The molecule has 0 bridgehead atoms. The van der Waals surface area contributed by atoms with Crippen LogP contribution >= 0.6 is 11.6 Å². The zero-order valence-electron chi connectivity index (χ0n) is 20.3. The van der Waals surface area contributed by atoms with Gasteiger partial charge in [0.2, 0.25) is 0 Å². The molecule has 186 valence electrons. The summed E-state index contributed by atoms with van der Waals surface area (Å²) >= 11 is 6.22. The van der Waals surface area contributed by atoms with Gasteiger partial charge in [0.1, 0.15) is 29.9 Å². The van der Waals surface area contributed by atoms with Gasteiger partial charge in [0, 0.05) is 16.3 Å². The van der Waals surface area contributed by atoms with Crippen molar-refractivity contribution in [1.29, 1.82) is 0 Å². The number of benzene rings is 3. The second-order valence-electron chi connectivity index (χ2n) is 8.87. The summed E-state index contributed by atoms with van der Waals surface area (Å²) in [6.45, 7) is 4.08. The Hall–Kier alpha value is -4.29. The van der Waals surface area contributed by atoms with E-state index in [4.69, 9.17) is 20.8 Å². The Morgan fingerprint density at radius 1 is 0.973 bits per heavy atom. The highest BCUT2D eigenvalue weighted by Gasteiger charge is 2.48. The number of carbonyl (C=O) groups excluding carboxylic acids is 2. The maximum absolute atomic E-state index is 13.3. The van der Waals surface area contributed by atoms with Crippen LogP contribution in [0.4, 0.5) is 5.69 Å². The highest BCUT2D eigenvalue weighted by atomic mass is 35.5. The van der Waals surface area contributed by atoms with Crippen LogP contribution in [-0.2, 0) is 16.2 Å². The van der Waals surface area contributed by atoms with Gasteiger partial charge < -0.3 is 14.3 Å². The molecule has 37 heavy (non-hydrogen) atoms. The molecule has 1 N–H and O–H groups in total. The van der Waals surface area contributed by atoms with Gasteiger partial charge in [-0.3, -0.25) is 14.5 Å². The predicted molar refractivity (Wildman–Crippen MR) is 142 cm³/mol. The van der Waals surface area contributed by atoms with Crippen LogP contribution in [0, 0.1) is 13.8 Å². The summed E-state index contributed by atoms with van der Waals surface area (Å²) in [5, 5.41) is 11.8. The molecule has 1 saturated heterocycles. The molecule has 0 saturated carbocycles. The lowest BCUT2D eigenvalue weighted by Crippen LogP contribution is -2.30. The van der Waals surface area contributed by atoms with Gasteiger partial charge in [-0.2, -0.15) is 0 Å². The van der Waals surface area contributed by atoms with E-state index in [2.05, 4.69) is 0 Å². The zero-order chi connectivity index (χ0) is 26.1. The predicted octanol–water partition coefficient (Wildman–Crippen LogP) is 6.76. The first-order chi connectivity index (χ1) is 17.8. The summed E-state index contributed by atoms with van der Waals surface area (Å²) in [4.78, 5) is 27.9. The van der Waals surface area contributed by atoms with Gasteiger partial charge in [-0.05, 0) is 73.0 Å². The second kappa shape index (κ2) is 9.99. The smallest absolute Gasteiger partial charge is 0.300 e. The summed E-state index contributed by atoms with van der Waals surface area (Å²) < 4.78 is 11.6. The summed E-state index contributed by atoms with van der Waals surface area (Å²) in [6, 6.07) is 22.4. The van der Waals surface area contributed by atoms with Crippen LogP contribution in [0.15, 0.2) is 95.1 Å². The van der Waals surface area contributed by atoms with Gasteiger partial charge in [-0.1, -0.05) is 48.0 Å². The van der Waals surface area contributed by atoms with Crippen molar-refractivity contribution in [1.82, 2.24) is 0 Å². The lowest BCUT2D eigenvalue weighted by atomic mass is 9.98. The summed E-state index contributed by atoms with van der Waals surface area (Å²) in [5.74, 6) is -0.870. The molecule has 1 aliphatic heterocycles. The van der Waals surface area contributed by atoms with E-state index in [1.54, 1.807) is 48.5 Å². The molecule has 2 heterocycles. The highest BCUT2D eigenvalue weighted by molar-refractivity contribution is 6.51. The van der Waals surface area contributed by atoms with Crippen LogP contribution in [0.3, 0.4) is 0 Å². The van der Waals surface area contributed by atoms with Gasteiger partial charge >= 0.3 is 0 Å². The molecule has 0 aliphatic carbocycles. The number of nitrogens with zero attached hydrogens (tertiary/aromatic N) is 1. The fourth-order valence-electron chi connectivity index (χ4n) is 4.49. The Morgan fingerprint density at radius 3 is 2.46 bits per heavy atom. The highest BCUT2D eigenvalue weighted by Crippen LogP contribution is 2.44. The first kappa shape index (κ1) is 24.4. The number of carbonyl (C=O) groups is 2. The Bertz CT molecular complexity index is 1510. The van der Waals surface area contributed by atoms with E-state index < -0.39 is 17.7 Å². The maximum Gasteiger partial charge on any atom is 0.300 e. The van der Waals surface area contributed by atoms with Gasteiger partial charge in [0.25, 0.3) is 11.7 Å². The van der Waals surface area contributed by atoms with Crippen LogP contribution in [-0.4, -0.2) is 16.8 Å². The SMILES string of the molecule is Cc1cc(/C(O)=C2/C(=O)C(=O)N(c3cc(Cl)ccc3C)C2c2ccco2)ccc1OCc1ccccc1. The van der Waals surface area contributed by atoms with Crippen LogP contribution < -0.4 is 9.64 Å². The summed E-state index contributed by atoms with van der Waals surface area (Å²) in [5.41, 5.74) is 3.35. The van der Waals surface area contributed by atoms with Crippen molar-refractivity contribution in [3.63, 3.8) is 0 Å². The van der Waals surface area contributed by atoms with Crippen molar-refractivity contribution in [2.45, 2.75) is 26.5 Å². The minimum absolute atomic E-state index is 0.0586. The van der Waals surface area contributed by atoms with E-state index in [-0.39, 0.29) is 11.3 Å². The van der Waals surface area contributed by atoms with Crippen molar-refractivity contribution in [3.05, 3.63) is 124 Å². The third-order valence-electron chi connectivity index (χ3n) is 6.37. The molecule has 1 unspecified atom stereocenters. The quantitative estimate of drug-likeness (QED) is 0.175. The number of aliphatic hydroxyl groups excluding tert-OH is 1. The molecule has 5 rings (SSSR count). The number of hydrogen-bond donors (Lipinski definition) is 1. The number of halogens is 1. The Balaban J connectivity index is 1.55. The second-order valence-corrected chi connectivity index (χ2v) is 9.31. The minimum atomic E-state index is -0.957. The van der Waals surface area contributed by atoms with Crippen LogP contribution in [0.25, 0.3) is 5.76 Å². The number of ether oxygens (including phenoxy) is 1. The maximum atomic E-state index is 13.3. The molecule has 3 aromatic carbocycles. The molecule has 0 spiro atoms. The summed E-state index contributed by atoms with van der Waals surface area (Å²) in [7, 11) is 0. The average Bonchev–Trinajstić information content (AvgIpc) is 3.52. The Morgan fingerprint density at radius 2 is 1.76 bits per heavy atom. The van der Waals surface area contributed by atoms with Gasteiger partial charge in [-0.15, -0.1) is 0 Å². The van der Waals surface area contributed by atoms with Gasteiger partial charge in [0.15, 0.2) is 0 Å². The van der Waals surface area contributed by atoms with Crippen LogP contribution in [0.2, 0.25) is 5.02 Å². The number of aryl methyl sites for hydroxylation is 2. The Labute approximate surface area is 219 Å². The number of furan rings is 1. The molecule has 4 aromatic rings. The Kier molecular flexibility index (Phi) is 6.59. The largest absolute Gasteiger partial charge is 0.507 e. The lowest BCUT2D eigenvalue weighted by Gasteiger charge is -2.25. The minimum Gasteiger partial charge on any atom is -0.507 e. The molecular formula is C30H24ClNO5. The molecule has 1 aromatic heterocycles. The van der Waals surface area contributed by atoms with E-state index >= 15 is 0 Å². The fraction of sp³-hybridized carbons (Fsp3) is 0.133. The molecule has 0 radical (unpaired) electrons. The number of anilines is 1. The van der Waals surface area contributed by atoms with E-state index in [0.29, 0.717) is 34.4 Å². The van der Waals surface area contributed by atoms with Crippen molar-refractivity contribution < 1.29 is 23.8 Å². The topological polar surface area (TPSA) is 80.0 Å². The van der Waals surface area contributed by atoms with Crippen molar-refractivity contribution >= 4 is 34.7 Å². The number of aliphatic hydroxyl groups is 1. The molecule has 6 nitrogen and oxygen atoms in total. The normalized spacial score (nSPS) is 16.8. The van der Waals surface area contributed by atoms with E-state index in [1.165, 1.54) is 11.2 Å². The van der Waals surface area contributed by atoms with Gasteiger partial charge in [0.05, 0.1) is 11.8 Å². The standard InChI is InChI=1S/C30H24ClNO5/c1-18-10-12-22(31)16-23(18)32-27(25-9-6-14-36-25)26(29(34)30(32)35)28(33)21-11-13-24(19(2)15-21)37-17-20-7-4-3-5-8-20/h3-16,27,33H,17H2,1-2H3/b28-26-. The first-order valence-corrected chi connectivity index (χ1v) is 12.1. The van der Waals surface area contributed by atoms with Crippen LogP contribution in [0.1, 0.15) is 34.1 Å². The van der Waals surface area contributed by atoms with Gasteiger partial charge in [-0.25, -0.2) is 0 Å². The van der Waals surface area contributed by atoms with Crippen LogP contribution in [0.5, 0.6) is 5.75 Å². The summed E-state index contributed by atoms with van der Waals surface area (Å²) in [6.07, 6.45) is 1.46. The fourth-order valence-corrected chi connectivity index (χ4v) is 4.65. The lowest BCUT2D eigenvalue weighted by molar-refractivity contribution is -0.132. The number of amides is 1. The zero-order valence-corrected chi connectivity index (χ0v) is 21.0. The monoisotopic (exact) mass is 513 g/mol.